The second kappa shape index (κ2) is 5.32. The molecule has 3 heterocycles. The van der Waals surface area contributed by atoms with E-state index in [2.05, 4.69) is 20.1 Å². The normalized spacial score (nSPS) is 18.8. The Kier molecular flexibility index (Phi) is 3.37. The van der Waals surface area contributed by atoms with Gasteiger partial charge in [-0.3, -0.25) is 4.98 Å². The van der Waals surface area contributed by atoms with E-state index >= 15 is 0 Å². The van der Waals surface area contributed by atoms with E-state index in [0.717, 1.165) is 36.5 Å². The Morgan fingerprint density at radius 2 is 2.00 bits per heavy atom. The van der Waals surface area contributed by atoms with Crippen molar-refractivity contribution in [1.29, 1.82) is 0 Å². The van der Waals surface area contributed by atoms with Crippen LogP contribution < -0.4 is 4.90 Å². The van der Waals surface area contributed by atoms with E-state index in [9.17, 15) is 5.11 Å². The lowest BCUT2D eigenvalue weighted by Gasteiger charge is -2.23. The van der Waals surface area contributed by atoms with Gasteiger partial charge in [0.05, 0.1) is 18.3 Å². The van der Waals surface area contributed by atoms with Crippen molar-refractivity contribution in [3.05, 3.63) is 36.7 Å². The second-order valence-corrected chi connectivity index (χ2v) is 4.68. The van der Waals surface area contributed by atoms with E-state index in [0.29, 0.717) is 0 Å². The Balaban J connectivity index is 1.83. The Bertz CT molecular complexity index is 529. The summed E-state index contributed by atoms with van der Waals surface area (Å²) in [5, 5.41) is 17.9. The molecule has 0 saturated carbocycles. The summed E-state index contributed by atoms with van der Waals surface area (Å²) in [6.45, 7) is 1.11. The van der Waals surface area contributed by atoms with Gasteiger partial charge in [0.2, 0.25) is 0 Å². The Morgan fingerprint density at radius 1 is 1.16 bits per heavy atom. The van der Waals surface area contributed by atoms with E-state index in [4.69, 9.17) is 0 Å². The van der Waals surface area contributed by atoms with Crippen LogP contribution in [0.15, 0.2) is 36.7 Å². The third-order valence-corrected chi connectivity index (χ3v) is 3.51. The lowest BCUT2D eigenvalue weighted by atomic mass is 10.2. The first-order valence-corrected chi connectivity index (χ1v) is 6.50. The van der Waals surface area contributed by atoms with Gasteiger partial charge in [0.25, 0.3) is 0 Å². The van der Waals surface area contributed by atoms with Crippen molar-refractivity contribution in [1.82, 2.24) is 15.2 Å². The molecule has 1 aliphatic rings. The van der Waals surface area contributed by atoms with Gasteiger partial charge in [-0.25, -0.2) is 0 Å². The maximum atomic E-state index is 9.33. The lowest BCUT2D eigenvalue weighted by Crippen LogP contribution is -2.32. The zero-order valence-corrected chi connectivity index (χ0v) is 10.6. The first-order valence-electron chi connectivity index (χ1n) is 6.50. The highest BCUT2D eigenvalue weighted by molar-refractivity contribution is 5.59. The second-order valence-electron chi connectivity index (χ2n) is 4.68. The summed E-state index contributed by atoms with van der Waals surface area (Å²) < 4.78 is 0. The van der Waals surface area contributed by atoms with Gasteiger partial charge in [0.15, 0.2) is 5.82 Å². The van der Waals surface area contributed by atoms with Gasteiger partial charge in [0, 0.05) is 24.5 Å². The topological polar surface area (TPSA) is 62.1 Å². The van der Waals surface area contributed by atoms with Crippen molar-refractivity contribution in [3.63, 3.8) is 0 Å². The van der Waals surface area contributed by atoms with E-state index < -0.39 is 0 Å². The maximum Gasteiger partial charge on any atom is 0.151 e. The summed E-state index contributed by atoms with van der Waals surface area (Å²) in [4.78, 5) is 6.12. The van der Waals surface area contributed by atoms with Gasteiger partial charge >= 0.3 is 0 Å². The van der Waals surface area contributed by atoms with E-state index in [1.807, 2.05) is 24.3 Å². The Morgan fingerprint density at radius 3 is 2.68 bits per heavy atom. The molecule has 5 nitrogen and oxygen atoms in total. The third kappa shape index (κ3) is 2.42. The number of aliphatic hydroxyl groups is 1. The molecule has 0 amide bonds. The van der Waals surface area contributed by atoms with Crippen LogP contribution in [-0.2, 0) is 0 Å². The Labute approximate surface area is 111 Å². The van der Waals surface area contributed by atoms with Crippen LogP contribution in [0.2, 0.25) is 0 Å². The van der Waals surface area contributed by atoms with E-state index in [1.165, 1.54) is 0 Å². The van der Waals surface area contributed by atoms with Gasteiger partial charge in [-0.15, -0.1) is 10.2 Å². The van der Waals surface area contributed by atoms with E-state index in [-0.39, 0.29) is 12.6 Å². The largest absolute Gasteiger partial charge is 0.394 e. The minimum atomic E-state index is 0.174. The summed E-state index contributed by atoms with van der Waals surface area (Å²) in [5.74, 6) is 0.842. The molecule has 0 aliphatic carbocycles. The number of pyridine rings is 1. The molecule has 2 aromatic rings. The number of aromatic nitrogens is 3. The first kappa shape index (κ1) is 12.0. The number of nitrogens with zero attached hydrogens (tertiary/aromatic N) is 4. The van der Waals surface area contributed by atoms with Crippen LogP contribution in [0.3, 0.4) is 0 Å². The molecule has 19 heavy (non-hydrogen) atoms. The van der Waals surface area contributed by atoms with Gasteiger partial charge in [-0.1, -0.05) is 0 Å². The fourth-order valence-electron chi connectivity index (χ4n) is 2.48. The highest BCUT2D eigenvalue weighted by Crippen LogP contribution is 2.24. The molecule has 1 N–H and O–H groups in total. The molecule has 1 fully saturated rings. The SMILES string of the molecule is OCC1CCCN1c1ccc(-c2ccncc2)nn1. The minimum Gasteiger partial charge on any atom is -0.394 e. The molecule has 0 radical (unpaired) electrons. The molecular weight excluding hydrogens is 240 g/mol. The van der Waals surface area contributed by atoms with Gasteiger partial charge in [0.1, 0.15) is 0 Å². The van der Waals surface area contributed by atoms with Crippen LogP contribution in [0.25, 0.3) is 11.3 Å². The molecular formula is C14H16N4O. The highest BCUT2D eigenvalue weighted by Gasteiger charge is 2.24. The number of aliphatic hydroxyl groups excluding tert-OH is 1. The molecule has 98 valence electrons. The van der Waals surface area contributed by atoms with Crippen molar-refractivity contribution < 1.29 is 5.11 Å². The summed E-state index contributed by atoms with van der Waals surface area (Å²) in [6, 6.07) is 7.94. The van der Waals surface area contributed by atoms with Crippen LogP contribution in [0.5, 0.6) is 0 Å². The van der Waals surface area contributed by atoms with Crippen molar-refractivity contribution in [2.24, 2.45) is 0 Å². The summed E-state index contributed by atoms with van der Waals surface area (Å²) in [7, 11) is 0. The maximum absolute atomic E-state index is 9.33. The predicted molar refractivity (Wildman–Crippen MR) is 72.7 cm³/mol. The average Bonchev–Trinajstić information content (AvgIpc) is 2.97. The van der Waals surface area contributed by atoms with Crippen LogP contribution in [0.1, 0.15) is 12.8 Å². The molecule has 1 unspecified atom stereocenters. The summed E-state index contributed by atoms with van der Waals surface area (Å²) >= 11 is 0. The quantitative estimate of drug-likeness (QED) is 0.901. The van der Waals surface area contributed by atoms with Crippen LogP contribution in [0, 0.1) is 0 Å². The molecule has 3 rings (SSSR count). The molecule has 5 heteroatoms. The van der Waals surface area contributed by atoms with Crippen molar-refractivity contribution in [2.75, 3.05) is 18.1 Å². The predicted octanol–water partition coefficient (Wildman–Crippen LogP) is 1.50. The fourth-order valence-corrected chi connectivity index (χ4v) is 2.48. The Hall–Kier alpha value is -2.01. The van der Waals surface area contributed by atoms with Gasteiger partial charge < -0.3 is 10.0 Å². The smallest absolute Gasteiger partial charge is 0.151 e. The number of rotatable bonds is 3. The molecule has 1 saturated heterocycles. The molecule has 1 aliphatic heterocycles. The number of anilines is 1. The fraction of sp³-hybridized carbons (Fsp3) is 0.357. The average molecular weight is 256 g/mol. The first-order chi connectivity index (χ1) is 9.38. The highest BCUT2D eigenvalue weighted by atomic mass is 16.3. The van der Waals surface area contributed by atoms with Crippen molar-refractivity contribution >= 4 is 5.82 Å². The lowest BCUT2D eigenvalue weighted by molar-refractivity contribution is 0.266. The summed E-state index contributed by atoms with van der Waals surface area (Å²) in [5.41, 5.74) is 1.85. The van der Waals surface area contributed by atoms with Crippen LogP contribution in [-0.4, -0.2) is 39.5 Å². The molecule has 0 spiro atoms. The zero-order valence-electron chi connectivity index (χ0n) is 10.6. The number of hydrogen-bond donors (Lipinski definition) is 1. The van der Waals surface area contributed by atoms with Crippen LogP contribution in [0.4, 0.5) is 5.82 Å². The molecule has 2 aromatic heterocycles. The van der Waals surface area contributed by atoms with Gasteiger partial charge in [-0.2, -0.15) is 0 Å². The standard InChI is InChI=1S/C14H16N4O/c19-10-12-2-1-9-18(12)14-4-3-13(16-17-14)11-5-7-15-8-6-11/h3-8,12,19H,1-2,9-10H2. The number of hydrogen-bond acceptors (Lipinski definition) is 5. The molecule has 1 atom stereocenters. The molecule has 0 bridgehead atoms. The van der Waals surface area contributed by atoms with Gasteiger partial charge in [-0.05, 0) is 37.1 Å². The summed E-state index contributed by atoms with van der Waals surface area (Å²) in [6.07, 6.45) is 5.60. The molecule has 0 aromatic carbocycles. The van der Waals surface area contributed by atoms with Crippen molar-refractivity contribution in [3.8, 4) is 11.3 Å². The van der Waals surface area contributed by atoms with E-state index in [1.54, 1.807) is 12.4 Å². The zero-order chi connectivity index (χ0) is 13.1. The minimum absolute atomic E-state index is 0.174. The third-order valence-electron chi connectivity index (χ3n) is 3.51. The van der Waals surface area contributed by atoms with Crippen molar-refractivity contribution in [2.45, 2.75) is 18.9 Å². The monoisotopic (exact) mass is 256 g/mol. The van der Waals surface area contributed by atoms with Crippen LogP contribution >= 0.6 is 0 Å².